The first kappa shape index (κ1) is 16.3. The van der Waals surface area contributed by atoms with Gasteiger partial charge in [-0.05, 0) is 29.8 Å². The molecule has 1 atom stereocenters. The molecule has 3 N–H and O–H groups in total. The van der Waals surface area contributed by atoms with Crippen LogP contribution in [0, 0.1) is 5.82 Å². The predicted molar refractivity (Wildman–Crippen MR) is 95.2 cm³/mol. The molecule has 1 unspecified atom stereocenters. The number of hydrogen-bond acceptors (Lipinski definition) is 3. The maximum atomic E-state index is 13.4. The van der Waals surface area contributed by atoms with Crippen LogP contribution in [0.3, 0.4) is 0 Å². The molecule has 132 valence electrons. The molecule has 0 bridgehead atoms. The molecule has 0 spiro atoms. The third-order valence-electron chi connectivity index (χ3n) is 4.47. The number of amides is 2. The Labute approximate surface area is 148 Å². The van der Waals surface area contributed by atoms with Gasteiger partial charge < -0.3 is 15.6 Å². The van der Waals surface area contributed by atoms with Gasteiger partial charge in [0.25, 0.3) is 0 Å². The summed E-state index contributed by atoms with van der Waals surface area (Å²) < 4.78 is 13.4. The van der Waals surface area contributed by atoms with Gasteiger partial charge >= 0.3 is 0 Å². The quantitative estimate of drug-likeness (QED) is 0.674. The highest BCUT2D eigenvalue weighted by Gasteiger charge is 2.30. The zero-order chi connectivity index (χ0) is 18.1. The molecule has 1 aliphatic heterocycles. The van der Waals surface area contributed by atoms with Crippen molar-refractivity contribution in [2.45, 2.75) is 18.8 Å². The van der Waals surface area contributed by atoms with Crippen molar-refractivity contribution in [2.24, 2.45) is 0 Å². The lowest BCUT2D eigenvalue weighted by atomic mass is 9.89. The Morgan fingerprint density at radius 3 is 2.96 bits per heavy atom. The van der Waals surface area contributed by atoms with Gasteiger partial charge in [0, 0.05) is 25.1 Å². The molecule has 0 saturated carbocycles. The van der Waals surface area contributed by atoms with Crippen LogP contribution in [0.4, 0.5) is 10.1 Å². The number of rotatable bonds is 4. The van der Waals surface area contributed by atoms with Crippen LogP contribution in [0.25, 0.3) is 11.0 Å². The number of aromatic amines is 1. The summed E-state index contributed by atoms with van der Waals surface area (Å²) in [6, 6.07) is 11.8. The first-order valence-corrected chi connectivity index (χ1v) is 8.41. The second kappa shape index (κ2) is 6.59. The molecule has 0 fully saturated rings. The second-order valence-corrected chi connectivity index (χ2v) is 6.28. The Morgan fingerprint density at radius 1 is 1.27 bits per heavy atom. The smallest absolute Gasteiger partial charge is 0.228 e. The summed E-state index contributed by atoms with van der Waals surface area (Å²) in [4.78, 5) is 32.0. The van der Waals surface area contributed by atoms with Crippen molar-refractivity contribution in [1.82, 2.24) is 15.3 Å². The molecular formula is C19H17FN4O2. The largest absolute Gasteiger partial charge is 0.355 e. The van der Waals surface area contributed by atoms with E-state index in [1.807, 2.05) is 24.3 Å². The van der Waals surface area contributed by atoms with Crippen molar-refractivity contribution in [3.8, 4) is 0 Å². The van der Waals surface area contributed by atoms with Crippen LogP contribution < -0.4 is 10.6 Å². The Bertz CT molecular complexity index is 965. The zero-order valence-corrected chi connectivity index (χ0v) is 13.9. The van der Waals surface area contributed by atoms with E-state index in [1.165, 1.54) is 12.1 Å². The van der Waals surface area contributed by atoms with Crippen molar-refractivity contribution in [1.29, 1.82) is 0 Å². The summed E-state index contributed by atoms with van der Waals surface area (Å²) in [5.74, 6) is -0.815. The van der Waals surface area contributed by atoms with Crippen molar-refractivity contribution in [3.05, 3.63) is 59.7 Å². The number of anilines is 1. The number of nitrogens with zero attached hydrogens (tertiary/aromatic N) is 1. The van der Waals surface area contributed by atoms with Gasteiger partial charge in [-0.25, -0.2) is 9.37 Å². The lowest BCUT2D eigenvalue weighted by Crippen LogP contribution is -2.36. The predicted octanol–water partition coefficient (Wildman–Crippen LogP) is 2.49. The van der Waals surface area contributed by atoms with Gasteiger partial charge in [0.05, 0.1) is 17.0 Å². The van der Waals surface area contributed by atoms with Crippen LogP contribution in [-0.2, 0) is 16.0 Å². The molecule has 1 aromatic heterocycles. The first-order chi connectivity index (χ1) is 12.6. The van der Waals surface area contributed by atoms with Gasteiger partial charge in [0.1, 0.15) is 11.6 Å². The summed E-state index contributed by atoms with van der Waals surface area (Å²) in [7, 11) is 0. The number of fused-ring (bicyclic) bond motifs is 2. The number of imidazole rings is 1. The second-order valence-electron chi connectivity index (χ2n) is 6.28. The van der Waals surface area contributed by atoms with Crippen LogP contribution >= 0.6 is 0 Å². The summed E-state index contributed by atoms with van der Waals surface area (Å²) in [6.45, 7) is 0.396. The Morgan fingerprint density at radius 2 is 2.12 bits per heavy atom. The fourth-order valence-electron chi connectivity index (χ4n) is 3.22. The number of benzene rings is 2. The zero-order valence-electron chi connectivity index (χ0n) is 13.9. The molecule has 0 aliphatic carbocycles. The minimum Gasteiger partial charge on any atom is -0.355 e. The third-order valence-corrected chi connectivity index (χ3v) is 4.47. The molecular weight excluding hydrogens is 335 g/mol. The van der Waals surface area contributed by atoms with Gasteiger partial charge in [-0.3, -0.25) is 9.59 Å². The highest BCUT2D eigenvalue weighted by molar-refractivity contribution is 6.01. The van der Waals surface area contributed by atoms with Gasteiger partial charge in [0.2, 0.25) is 11.8 Å². The lowest BCUT2D eigenvalue weighted by Gasteiger charge is -2.24. The lowest BCUT2D eigenvalue weighted by molar-refractivity contribution is -0.126. The molecule has 6 nitrogen and oxygen atoms in total. The summed E-state index contributed by atoms with van der Waals surface area (Å²) in [6.07, 6.45) is 0.602. The summed E-state index contributed by atoms with van der Waals surface area (Å²) in [5.41, 5.74) is 2.83. The van der Waals surface area contributed by atoms with E-state index in [0.29, 0.717) is 24.2 Å². The van der Waals surface area contributed by atoms with Gasteiger partial charge in [0.15, 0.2) is 0 Å². The number of nitrogens with one attached hydrogen (secondary N) is 3. The van der Waals surface area contributed by atoms with Crippen molar-refractivity contribution >= 4 is 28.5 Å². The minimum absolute atomic E-state index is 0.0507. The summed E-state index contributed by atoms with van der Waals surface area (Å²) >= 11 is 0. The number of halogens is 1. The SMILES string of the molecule is O=C1CC(C(=O)NCCc2nc3ccccc3[nH]2)c2ccc(F)cc2N1. The maximum absolute atomic E-state index is 13.4. The van der Waals surface area contributed by atoms with E-state index in [-0.39, 0.29) is 18.2 Å². The van der Waals surface area contributed by atoms with E-state index in [9.17, 15) is 14.0 Å². The molecule has 4 rings (SSSR count). The Kier molecular flexibility index (Phi) is 4.12. The van der Waals surface area contributed by atoms with Gasteiger partial charge in [-0.15, -0.1) is 0 Å². The molecule has 7 heteroatoms. The van der Waals surface area contributed by atoms with Crippen molar-refractivity contribution in [2.75, 3.05) is 11.9 Å². The third kappa shape index (κ3) is 3.15. The van der Waals surface area contributed by atoms with Crippen LogP contribution in [0.5, 0.6) is 0 Å². The Balaban J connectivity index is 1.43. The summed E-state index contributed by atoms with van der Waals surface area (Å²) in [5, 5.41) is 5.46. The molecule has 2 aromatic carbocycles. The van der Waals surface area contributed by atoms with Crippen LogP contribution in [0.2, 0.25) is 0 Å². The van der Waals surface area contributed by atoms with Crippen molar-refractivity contribution < 1.29 is 14.0 Å². The van der Waals surface area contributed by atoms with E-state index >= 15 is 0 Å². The monoisotopic (exact) mass is 352 g/mol. The molecule has 0 radical (unpaired) electrons. The number of carbonyl (C=O) groups is 2. The number of carbonyl (C=O) groups excluding carboxylic acids is 2. The number of hydrogen-bond donors (Lipinski definition) is 3. The fraction of sp³-hybridized carbons (Fsp3) is 0.211. The number of para-hydroxylation sites is 2. The first-order valence-electron chi connectivity index (χ1n) is 8.41. The van der Waals surface area contributed by atoms with E-state index in [0.717, 1.165) is 16.9 Å². The van der Waals surface area contributed by atoms with Gasteiger partial charge in [-0.1, -0.05) is 18.2 Å². The number of aromatic nitrogens is 2. The fourth-order valence-corrected chi connectivity index (χ4v) is 3.22. The topological polar surface area (TPSA) is 86.9 Å². The maximum Gasteiger partial charge on any atom is 0.228 e. The van der Waals surface area contributed by atoms with Gasteiger partial charge in [-0.2, -0.15) is 0 Å². The molecule has 2 amide bonds. The average Bonchev–Trinajstić information content (AvgIpc) is 3.03. The molecule has 26 heavy (non-hydrogen) atoms. The molecule has 3 aromatic rings. The number of H-pyrrole nitrogens is 1. The average molecular weight is 352 g/mol. The van der Waals surface area contributed by atoms with E-state index in [4.69, 9.17) is 0 Å². The molecule has 0 saturated heterocycles. The van der Waals surface area contributed by atoms with E-state index in [2.05, 4.69) is 20.6 Å². The van der Waals surface area contributed by atoms with Crippen LogP contribution in [0.1, 0.15) is 23.7 Å². The Hall–Kier alpha value is -3.22. The van der Waals surface area contributed by atoms with Crippen LogP contribution in [-0.4, -0.2) is 28.3 Å². The highest BCUT2D eigenvalue weighted by Crippen LogP contribution is 2.32. The molecule has 1 aliphatic rings. The minimum atomic E-state index is -0.616. The van der Waals surface area contributed by atoms with E-state index in [1.54, 1.807) is 6.07 Å². The van der Waals surface area contributed by atoms with Crippen molar-refractivity contribution in [3.63, 3.8) is 0 Å². The van der Waals surface area contributed by atoms with E-state index < -0.39 is 11.7 Å². The molecule has 2 heterocycles. The highest BCUT2D eigenvalue weighted by atomic mass is 19.1. The van der Waals surface area contributed by atoms with Crippen LogP contribution in [0.15, 0.2) is 42.5 Å². The standard InChI is InChI=1S/C19H17FN4O2/c20-11-5-6-12-13(10-18(25)24-16(12)9-11)19(26)21-8-7-17-22-14-3-1-2-4-15(14)23-17/h1-6,9,13H,7-8,10H2,(H,21,26)(H,22,23)(H,24,25). The normalized spacial score (nSPS) is 16.2.